The Morgan fingerprint density at radius 2 is 0.947 bits per heavy atom. The highest BCUT2D eigenvalue weighted by molar-refractivity contribution is 7.47. The van der Waals surface area contributed by atoms with Crippen molar-refractivity contribution in [1.82, 2.24) is 5.32 Å². The fraction of sp³-hybridized carbons (Fsp3) is 0.830. The van der Waals surface area contributed by atoms with Crippen LogP contribution in [0.1, 0.15) is 219 Å². The molecule has 0 aliphatic rings. The maximum Gasteiger partial charge on any atom is 0.472 e. The number of ether oxygens (including phenoxy) is 1. The summed E-state index contributed by atoms with van der Waals surface area (Å²) in [5, 5.41) is 12.7. The first-order chi connectivity index (χ1) is 27.8. The van der Waals surface area contributed by atoms with Gasteiger partial charge in [0.15, 0.2) is 0 Å². The molecule has 0 aromatic rings. The fourth-order valence-electron chi connectivity index (χ4n) is 6.46. The summed E-state index contributed by atoms with van der Waals surface area (Å²) in [6.07, 6.45) is 49.3. The van der Waals surface area contributed by atoms with Gasteiger partial charge >= 0.3 is 13.8 Å². The van der Waals surface area contributed by atoms with Gasteiger partial charge < -0.3 is 20.1 Å². The SMILES string of the molecule is CCCCC/C=C\C/C=C\CCCCCCCCCCCC(=O)NCCOP(=O)(O)OCC(O)COC(=O)CCCCCCCCC/C=C\CCCCCCCC. The second-order valence-corrected chi connectivity index (χ2v) is 17.2. The molecular formula is C47H88NO8P. The molecule has 334 valence electrons. The highest BCUT2D eigenvalue weighted by Crippen LogP contribution is 2.42. The van der Waals surface area contributed by atoms with Crippen LogP contribution < -0.4 is 5.32 Å². The van der Waals surface area contributed by atoms with Crippen LogP contribution >= 0.6 is 7.82 Å². The fourth-order valence-corrected chi connectivity index (χ4v) is 7.22. The van der Waals surface area contributed by atoms with E-state index in [1.165, 1.54) is 148 Å². The van der Waals surface area contributed by atoms with Crippen molar-refractivity contribution in [3.05, 3.63) is 36.5 Å². The molecule has 0 spiro atoms. The molecular weight excluding hydrogens is 737 g/mol. The maximum absolute atomic E-state index is 12.1. The van der Waals surface area contributed by atoms with Gasteiger partial charge in [0.1, 0.15) is 12.7 Å². The van der Waals surface area contributed by atoms with E-state index in [1.807, 2.05) is 0 Å². The molecule has 1 amide bonds. The van der Waals surface area contributed by atoms with Crippen molar-refractivity contribution in [1.29, 1.82) is 0 Å². The minimum Gasteiger partial charge on any atom is -0.463 e. The van der Waals surface area contributed by atoms with E-state index < -0.39 is 26.5 Å². The van der Waals surface area contributed by atoms with Gasteiger partial charge in [-0.15, -0.1) is 0 Å². The van der Waals surface area contributed by atoms with Crippen molar-refractivity contribution in [2.24, 2.45) is 0 Å². The number of aliphatic hydroxyl groups excluding tert-OH is 1. The summed E-state index contributed by atoms with van der Waals surface area (Å²) in [6, 6.07) is 0. The predicted molar refractivity (Wildman–Crippen MR) is 238 cm³/mol. The first-order valence-electron chi connectivity index (χ1n) is 23.5. The number of carbonyl (C=O) groups excluding carboxylic acids is 2. The molecule has 0 heterocycles. The Kier molecular flexibility index (Phi) is 42.4. The Morgan fingerprint density at radius 1 is 0.544 bits per heavy atom. The summed E-state index contributed by atoms with van der Waals surface area (Å²) in [5.41, 5.74) is 0. The summed E-state index contributed by atoms with van der Waals surface area (Å²) in [4.78, 5) is 34.0. The minimum absolute atomic E-state index is 0.0792. The number of carbonyl (C=O) groups is 2. The van der Waals surface area contributed by atoms with Gasteiger partial charge in [0.05, 0.1) is 13.2 Å². The average Bonchev–Trinajstić information content (AvgIpc) is 3.20. The summed E-state index contributed by atoms with van der Waals surface area (Å²) < 4.78 is 26.9. The number of phosphoric acid groups is 1. The standard InChI is InChI=1S/C47H88NO8P/c1-3-5-7-9-11-13-15-17-19-21-22-24-25-27-29-31-33-35-37-39-46(50)48-41-42-55-57(52,53)56-44-45(49)43-54-47(51)40-38-36-34-32-30-28-26-23-20-18-16-14-12-10-8-6-4-2/h11,13,17-20,45,49H,3-10,12,14-16,21-44H2,1-2H3,(H,48,50)(H,52,53)/b13-11-,19-17-,20-18-. The number of hydrogen-bond acceptors (Lipinski definition) is 7. The molecule has 0 rings (SSSR count). The molecule has 2 unspecified atom stereocenters. The van der Waals surface area contributed by atoms with E-state index in [-0.39, 0.29) is 32.1 Å². The zero-order valence-corrected chi connectivity index (χ0v) is 37.7. The summed E-state index contributed by atoms with van der Waals surface area (Å²) >= 11 is 0. The molecule has 2 atom stereocenters. The van der Waals surface area contributed by atoms with E-state index in [1.54, 1.807) is 0 Å². The van der Waals surface area contributed by atoms with E-state index in [0.717, 1.165) is 44.9 Å². The van der Waals surface area contributed by atoms with Crippen molar-refractivity contribution in [2.45, 2.75) is 225 Å². The number of esters is 1. The van der Waals surface area contributed by atoms with Crippen molar-refractivity contribution < 1.29 is 37.9 Å². The number of allylic oxidation sites excluding steroid dienone is 6. The lowest BCUT2D eigenvalue weighted by atomic mass is 10.1. The van der Waals surface area contributed by atoms with E-state index in [0.29, 0.717) is 6.42 Å². The minimum atomic E-state index is -4.42. The van der Waals surface area contributed by atoms with Crippen LogP contribution in [0.4, 0.5) is 0 Å². The van der Waals surface area contributed by atoms with Crippen LogP contribution in [0.15, 0.2) is 36.5 Å². The van der Waals surface area contributed by atoms with E-state index in [9.17, 15) is 24.2 Å². The van der Waals surface area contributed by atoms with Gasteiger partial charge in [0, 0.05) is 19.4 Å². The molecule has 0 aliphatic carbocycles. The van der Waals surface area contributed by atoms with Gasteiger partial charge in [-0.3, -0.25) is 18.6 Å². The lowest BCUT2D eigenvalue weighted by Crippen LogP contribution is -2.27. The van der Waals surface area contributed by atoms with Crippen LogP contribution in [0.25, 0.3) is 0 Å². The van der Waals surface area contributed by atoms with Crippen molar-refractivity contribution >= 4 is 19.7 Å². The highest BCUT2D eigenvalue weighted by Gasteiger charge is 2.23. The molecule has 10 heteroatoms. The third-order valence-corrected chi connectivity index (χ3v) is 11.0. The van der Waals surface area contributed by atoms with Gasteiger partial charge in [-0.25, -0.2) is 4.57 Å². The van der Waals surface area contributed by atoms with Crippen LogP contribution in [0.2, 0.25) is 0 Å². The van der Waals surface area contributed by atoms with Gasteiger partial charge in [-0.2, -0.15) is 0 Å². The number of unbranched alkanes of at least 4 members (excludes halogenated alkanes) is 25. The van der Waals surface area contributed by atoms with E-state index in [4.69, 9.17) is 13.8 Å². The van der Waals surface area contributed by atoms with Crippen molar-refractivity contribution in [2.75, 3.05) is 26.4 Å². The molecule has 3 N–H and O–H groups in total. The van der Waals surface area contributed by atoms with Gasteiger partial charge in [0.25, 0.3) is 0 Å². The average molecular weight is 826 g/mol. The van der Waals surface area contributed by atoms with Gasteiger partial charge in [-0.05, 0) is 70.6 Å². The smallest absolute Gasteiger partial charge is 0.463 e. The normalized spacial score (nSPS) is 13.5. The Balaban J connectivity index is 3.58. The van der Waals surface area contributed by atoms with Crippen molar-refractivity contribution in [3.63, 3.8) is 0 Å². The number of aliphatic hydroxyl groups is 1. The molecule has 0 saturated carbocycles. The van der Waals surface area contributed by atoms with E-state index >= 15 is 0 Å². The number of phosphoric ester groups is 1. The second-order valence-electron chi connectivity index (χ2n) is 15.7. The number of nitrogens with one attached hydrogen (secondary N) is 1. The largest absolute Gasteiger partial charge is 0.472 e. The third kappa shape index (κ3) is 45.2. The van der Waals surface area contributed by atoms with Crippen LogP contribution in [0.5, 0.6) is 0 Å². The second kappa shape index (κ2) is 43.8. The first kappa shape index (κ1) is 55.2. The summed E-state index contributed by atoms with van der Waals surface area (Å²) in [5.74, 6) is -0.521. The number of amides is 1. The van der Waals surface area contributed by atoms with Crippen LogP contribution in [0, 0.1) is 0 Å². The first-order valence-corrected chi connectivity index (χ1v) is 25.0. The maximum atomic E-state index is 12.1. The van der Waals surface area contributed by atoms with Gasteiger partial charge in [-0.1, -0.05) is 172 Å². The molecule has 0 aromatic carbocycles. The molecule has 0 aliphatic heterocycles. The monoisotopic (exact) mass is 826 g/mol. The molecule has 0 radical (unpaired) electrons. The lowest BCUT2D eigenvalue weighted by Gasteiger charge is -2.15. The summed E-state index contributed by atoms with van der Waals surface area (Å²) in [6.45, 7) is 3.53. The Hall–Kier alpha value is -1.77. The molecule has 0 aromatic heterocycles. The predicted octanol–water partition coefficient (Wildman–Crippen LogP) is 13.3. The van der Waals surface area contributed by atoms with Crippen molar-refractivity contribution in [3.8, 4) is 0 Å². The topological polar surface area (TPSA) is 131 Å². The molecule has 57 heavy (non-hydrogen) atoms. The van der Waals surface area contributed by atoms with Crippen LogP contribution in [0.3, 0.4) is 0 Å². The third-order valence-electron chi connectivity index (χ3n) is 10.0. The quantitative estimate of drug-likeness (QED) is 0.0239. The zero-order valence-electron chi connectivity index (χ0n) is 36.8. The number of rotatable bonds is 44. The lowest BCUT2D eigenvalue weighted by molar-refractivity contribution is -0.147. The Labute approximate surface area is 350 Å². The van der Waals surface area contributed by atoms with Crippen LogP contribution in [-0.2, 0) is 27.9 Å². The Morgan fingerprint density at radius 3 is 1.46 bits per heavy atom. The van der Waals surface area contributed by atoms with Crippen LogP contribution in [-0.4, -0.2) is 54.3 Å². The Bertz CT molecular complexity index is 1030. The molecule has 0 saturated heterocycles. The number of hydrogen-bond donors (Lipinski definition) is 3. The van der Waals surface area contributed by atoms with E-state index in [2.05, 4.69) is 55.6 Å². The molecule has 0 bridgehead atoms. The molecule has 0 fully saturated rings. The summed E-state index contributed by atoms with van der Waals surface area (Å²) in [7, 11) is -4.42. The zero-order chi connectivity index (χ0) is 41.8. The van der Waals surface area contributed by atoms with Gasteiger partial charge in [0.2, 0.25) is 5.91 Å². The highest BCUT2D eigenvalue weighted by atomic mass is 31.2. The molecule has 9 nitrogen and oxygen atoms in total.